The molecular weight excluding hydrogens is 272 g/mol. The maximum Gasteiger partial charge on any atom is 0.242 e. The van der Waals surface area contributed by atoms with Crippen LogP contribution in [0, 0.1) is 0 Å². The molecule has 1 saturated heterocycles. The van der Waals surface area contributed by atoms with Crippen molar-refractivity contribution in [2.24, 2.45) is 0 Å². The minimum Gasteiger partial charge on any atom is -0.310 e. The third kappa shape index (κ3) is 3.55. The summed E-state index contributed by atoms with van der Waals surface area (Å²) in [6.07, 6.45) is 2.73. The Balaban J connectivity index is 1.98. The highest BCUT2D eigenvalue weighted by molar-refractivity contribution is 7.99. The summed E-state index contributed by atoms with van der Waals surface area (Å²) in [7, 11) is 0. The average Bonchev–Trinajstić information content (AvgIpc) is 2.94. The predicted molar refractivity (Wildman–Crippen MR) is 84.2 cm³/mol. The van der Waals surface area contributed by atoms with E-state index in [0.29, 0.717) is 6.04 Å². The molecule has 1 aromatic rings. The molecule has 0 saturated carbocycles. The van der Waals surface area contributed by atoms with Crippen LogP contribution in [0.15, 0.2) is 12.3 Å². The van der Waals surface area contributed by atoms with Gasteiger partial charge in [-0.25, -0.2) is 4.68 Å². The van der Waals surface area contributed by atoms with Crippen molar-refractivity contribution in [3.05, 3.63) is 12.3 Å². The molecule has 1 N–H and O–H groups in total. The molecule has 0 unspecified atom stereocenters. The second kappa shape index (κ2) is 7.13. The fourth-order valence-corrected chi connectivity index (χ4v) is 3.23. The minimum atomic E-state index is -0.0869. The van der Waals surface area contributed by atoms with Gasteiger partial charge in [-0.1, -0.05) is 6.92 Å². The molecule has 2 rings (SSSR count). The highest BCUT2D eigenvalue weighted by Crippen LogP contribution is 2.18. The molecule has 6 heteroatoms. The van der Waals surface area contributed by atoms with Crippen molar-refractivity contribution in [3.63, 3.8) is 0 Å². The van der Waals surface area contributed by atoms with Crippen LogP contribution in [0.2, 0.25) is 0 Å². The molecule has 2 heterocycles. The number of carbonyl (C=O) groups is 1. The lowest BCUT2D eigenvalue weighted by Crippen LogP contribution is -2.46. The first-order valence-corrected chi connectivity index (χ1v) is 8.45. The van der Waals surface area contributed by atoms with Gasteiger partial charge in [0, 0.05) is 30.7 Å². The Morgan fingerprint density at radius 2 is 2.15 bits per heavy atom. The molecule has 1 aromatic heterocycles. The van der Waals surface area contributed by atoms with E-state index < -0.39 is 0 Å². The number of hydrogen-bond acceptors (Lipinski definition) is 4. The van der Waals surface area contributed by atoms with Gasteiger partial charge in [0.25, 0.3) is 0 Å². The van der Waals surface area contributed by atoms with Crippen LogP contribution in [-0.2, 0) is 4.79 Å². The second-order valence-corrected chi connectivity index (χ2v) is 6.46. The Kier molecular flexibility index (Phi) is 5.48. The van der Waals surface area contributed by atoms with E-state index in [2.05, 4.69) is 29.2 Å². The zero-order valence-corrected chi connectivity index (χ0v) is 13.3. The number of amides is 1. The van der Waals surface area contributed by atoms with Crippen molar-refractivity contribution in [3.8, 4) is 0 Å². The minimum absolute atomic E-state index is 0.0574. The summed E-state index contributed by atoms with van der Waals surface area (Å²) in [4.78, 5) is 14.6. The Morgan fingerprint density at radius 3 is 2.80 bits per heavy atom. The number of anilines is 1. The van der Waals surface area contributed by atoms with Crippen molar-refractivity contribution < 1.29 is 4.79 Å². The van der Waals surface area contributed by atoms with Gasteiger partial charge in [-0.15, -0.1) is 0 Å². The van der Waals surface area contributed by atoms with Gasteiger partial charge in [0.1, 0.15) is 5.82 Å². The lowest BCUT2D eigenvalue weighted by Gasteiger charge is -2.31. The van der Waals surface area contributed by atoms with Crippen LogP contribution in [-0.4, -0.2) is 51.2 Å². The third-order valence-electron chi connectivity index (χ3n) is 3.90. The molecule has 2 atom stereocenters. The maximum absolute atomic E-state index is 12.4. The lowest BCUT2D eigenvalue weighted by atomic mass is 10.2. The molecule has 0 aliphatic carbocycles. The Bertz CT molecular complexity index is 442. The van der Waals surface area contributed by atoms with Gasteiger partial charge in [0.15, 0.2) is 0 Å². The lowest BCUT2D eigenvalue weighted by molar-refractivity contribution is -0.120. The van der Waals surface area contributed by atoms with Crippen LogP contribution in [0.25, 0.3) is 0 Å². The zero-order valence-electron chi connectivity index (χ0n) is 12.5. The molecular formula is C14H24N4OS. The van der Waals surface area contributed by atoms with E-state index in [1.165, 1.54) is 0 Å². The molecule has 5 nitrogen and oxygen atoms in total. The van der Waals surface area contributed by atoms with Gasteiger partial charge >= 0.3 is 0 Å². The van der Waals surface area contributed by atoms with Crippen molar-refractivity contribution in [1.29, 1.82) is 0 Å². The Labute approximate surface area is 125 Å². The fourth-order valence-electron chi connectivity index (χ4n) is 2.30. The molecule has 0 bridgehead atoms. The molecule has 0 radical (unpaired) electrons. The largest absolute Gasteiger partial charge is 0.310 e. The van der Waals surface area contributed by atoms with Gasteiger partial charge < -0.3 is 5.32 Å². The summed E-state index contributed by atoms with van der Waals surface area (Å²) < 4.78 is 1.89. The van der Waals surface area contributed by atoms with Crippen molar-refractivity contribution in [1.82, 2.24) is 14.7 Å². The summed E-state index contributed by atoms with van der Waals surface area (Å²) in [6.45, 7) is 8.18. The third-order valence-corrected chi connectivity index (χ3v) is 4.85. The van der Waals surface area contributed by atoms with Crippen LogP contribution in [0.3, 0.4) is 0 Å². The molecule has 0 spiro atoms. The van der Waals surface area contributed by atoms with Gasteiger partial charge in [-0.3, -0.25) is 9.69 Å². The van der Waals surface area contributed by atoms with Gasteiger partial charge in [-0.2, -0.15) is 16.9 Å². The number of carbonyl (C=O) groups excluding carboxylic acids is 1. The van der Waals surface area contributed by atoms with E-state index in [9.17, 15) is 4.79 Å². The maximum atomic E-state index is 12.4. The van der Waals surface area contributed by atoms with Crippen LogP contribution in [0.5, 0.6) is 0 Å². The molecule has 1 fully saturated rings. The monoisotopic (exact) mass is 296 g/mol. The molecule has 112 valence electrons. The smallest absolute Gasteiger partial charge is 0.242 e. The van der Waals surface area contributed by atoms with Gasteiger partial charge in [0.05, 0.1) is 18.3 Å². The predicted octanol–water partition coefficient (Wildman–Crippen LogP) is 2.23. The SMILES string of the molecule is CC[C@H](C)n1nccc1NC(=O)[C@H](C)N1CCSCC1. The van der Waals surface area contributed by atoms with E-state index in [1.54, 1.807) is 6.20 Å². The highest BCUT2D eigenvalue weighted by Gasteiger charge is 2.24. The summed E-state index contributed by atoms with van der Waals surface area (Å²) in [6, 6.07) is 2.07. The van der Waals surface area contributed by atoms with Crippen LogP contribution >= 0.6 is 11.8 Å². The highest BCUT2D eigenvalue weighted by atomic mass is 32.2. The van der Waals surface area contributed by atoms with Gasteiger partial charge in [0.2, 0.25) is 5.91 Å². The van der Waals surface area contributed by atoms with Crippen LogP contribution in [0.1, 0.15) is 33.2 Å². The standard InChI is InChI=1S/C14H24N4OS/c1-4-11(2)18-13(5-6-15-18)16-14(19)12(3)17-7-9-20-10-8-17/h5-6,11-12H,4,7-10H2,1-3H3,(H,16,19)/t11-,12-/m0/s1. The summed E-state index contributed by atoms with van der Waals surface area (Å²) in [5.41, 5.74) is 0. The van der Waals surface area contributed by atoms with Crippen LogP contribution < -0.4 is 5.32 Å². The van der Waals surface area contributed by atoms with E-state index in [0.717, 1.165) is 36.8 Å². The Morgan fingerprint density at radius 1 is 1.45 bits per heavy atom. The normalized spacial score (nSPS) is 19.6. The topological polar surface area (TPSA) is 50.2 Å². The van der Waals surface area contributed by atoms with Crippen molar-refractivity contribution >= 4 is 23.5 Å². The van der Waals surface area contributed by atoms with E-state index in [4.69, 9.17) is 0 Å². The Hall–Kier alpha value is -1.01. The summed E-state index contributed by atoms with van der Waals surface area (Å²) >= 11 is 1.95. The number of nitrogens with one attached hydrogen (secondary N) is 1. The molecule has 0 aromatic carbocycles. The number of aromatic nitrogens is 2. The van der Waals surface area contributed by atoms with E-state index in [1.807, 2.05) is 29.4 Å². The van der Waals surface area contributed by atoms with E-state index in [-0.39, 0.29) is 11.9 Å². The first-order valence-electron chi connectivity index (χ1n) is 7.29. The van der Waals surface area contributed by atoms with Crippen LogP contribution in [0.4, 0.5) is 5.82 Å². The number of rotatable bonds is 5. The number of thioether (sulfide) groups is 1. The molecule has 1 aliphatic rings. The van der Waals surface area contributed by atoms with Crippen molar-refractivity contribution in [2.75, 3.05) is 29.9 Å². The van der Waals surface area contributed by atoms with Gasteiger partial charge in [-0.05, 0) is 20.3 Å². The molecule has 1 aliphatic heterocycles. The second-order valence-electron chi connectivity index (χ2n) is 5.23. The average molecular weight is 296 g/mol. The first-order chi connectivity index (χ1) is 9.63. The molecule has 1 amide bonds. The van der Waals surface area contributed by atoms with E-state index >= 15 is 0 Å². The number of hydrogen-bond donors (Lipinski definition) is 1. The van der Waals surface area contributed by atoms with Crippen molar-refractivity contribution in [2.45, 2.75) is 39.3 Å². The molecule has 20 heavy (non-hydrogen) atoms. The quantitative estimate of drug-likeness (QED) is 0.905. The fraction of sp³-hybridized carbons (Fsp3) is 0.714. The number of nitrogens with zero attached hydrogens (tertiary/aromatic N) is 3. The first kappa shape index (κ1) is 15.4. The summed E-state index contributed by atoms with van der Waals surface area (Å²) in [5, 5.41) is 7.31. The summed E-state index contributed by atoms with van der Waals surface area (Å²) in [5.74, 6) is 3.08. The zero-order chi connectivity index (χ0) is 14.5.